The fourth-order valence-electron chi connectivity index (χ4n) is 2.26. The number of nitrogens with zero attached hydrogens (tertiary/aromatic N) is 4. The molecule has 0 bridgehead atoms. The molecule has 17 heavy (non-hydrogen) atoms. The summed E-state index contributed by atoms with van der Waals surface area (Å²) in [5, 5.41) is 0. The molecule has 0 aromatic carbocycles. The summed E-state index contributed by atoms with van der Waals surface area (Å²) in [7, 11) is 6.16. The predicted molar refractivity (Wildman–Crippen MR) is 78.5 cm³/mol. The molecular formula is C12H19IN4. The Labute approximate surface area is 117 Å². The third-order valence-corrected chi connectivity index (χ3v) is 4.00. The lowest BCUT2D eigenvalue weighted by Gasteiger charge is -2.30. The molecule has 0 saturated carbocycles. The topological polar surface area (TPSA) is 32.3 Å². The van der Waals surface area contributed by atoms with Gasteiger partial charge in [0, 0.05) is 32.8 Å². The zero-order valence-electron chi connectivity index (χ0n) is 10.6. The van der Waals surface area contributed by atoms with E-state index >= 15 is 0 Å². The second-order valence-corrected chi connectivity index (χ2v) is 6.06. The van der Waals surface area contributed by atoms with Crippen LogP contribution in [0.1, 0.15) is 24.5 Å². The summed E-state index contributed by atoms with van der Waals surface area (Å²) in [6, 6.07) is 0. The number of likely N-dealkylation sites (tertiary alicyclic amines) is 1. The molecular weight excluding hydrogens is 327 g/mol. The second-order valence-electron chi connectivity index (χ2n) is 4.90. The molecule has 1 atom stereocenters. The van der Waals surface area contributed by atoms with Gasteiger partial charge in [0.05, 0.1) is 9.26 Å². The largest absolute Gasteiger partial charge is 0.347 e. The molecule has 1 aliphatic rings. The van der Waals surface area contributed by atoms with Crippen LogP contribution >= 0.6 is 22.6 Å². The minimum absolute atomic E-state index is 0.558. The lowest BCUT2D eigenvalue weighted by Crippen LogP contribution is -2.32. The Morgan fingerprint density at radius 2 is 2.24 bits per heavy atom. The van der Waals surface area contributed by atoms with Crippen molar-refractivity contribution < 1.29 is 0 Å². The first kappa shape index (κ1) is 13.0. The van der Waals surface area contributed by atoms with Crippen LogP contribution in [0.3, 0.4) is 0 Å². The van der Waals surface area contributed by atoms with Crippen molar-refractivity contribution in [1.82, 2.24) is 14.9 Å². The first-order valence-corrected chi connectivity index (χ1v) is 7.04. The summed E-state index contributed by atoms with van der Waals surface area (Å²) < 4.78 is 1.19. The van der Waals surface area contributed by atoms with Crippen molar-refractivity contribution >= 4 is 28.5 Å². The number of halogens is 1. The van der Waals surface area contributed by atoms with Gasteiger partial charge in [-0.1, -0.05) is 0 Å². The molecule has 1 unspecified atom stereocenters. The molecule has 4 nitrogen and oxygen atoms in total. The zero-order chi connectivity index (χ0) is 12.4. The van der Waals surface area contributed by atoms with Crippen LogP contribution < -0.4 is 4.90 Å². The highest BCUT2D eigenvalue weighted by Gasteiger charge is 2.22. The van der Waals surface area contributed by atoms with Crippen molar-refractivity contribution in [3.63, 3.8) is 0 Å². The number of piperidine rings is 1. The highest BCUT2D eigenvalue weighted by Crippen LogP contribution is 2.28. The van der Waals surface area contributed by atoms with Crippen molar-refractivity contribution in [2.24, 2.45) is 0 Å². The summed E-state index contributed by atoms with van der Waals surface area (Å²) in [6.07, 6.45) is 4.44. The molecule has 94 valence electrons. The van der Waals surface area contributed by atoms with Gasteiger partial charge < -0.3 is 9.80 Å². The van der Waals surface area contributed by atoms with Gasteiger partial charge in [0.25, 0.3) is 0 Å². The minimum Gasteiger partial charge on any atom is -0.347 e. The summed E-state index contributed by atoms with van der Waals surface area (Å²) in [5.74, 6) is 1.37. The highest BCUT2D eigenvalue weighted by atomic mass is 127. The number of anilines is 1. The van der Waals surface area contributed by atoms with E-state index < -0.39 is 0 Å². The average Bonchev–Trinajstić information content (AvgIpc) is 2.29. The smallest absolute Gasteiger partial charge is 0.225 e. The van der Waals surface area contributed by atoms with Gasteiger partial charge in [-0.2, -0.15) is 0 Å². The van der Waals surface area contributed by atoms with Crippen molar-refractivity contribution in [3.8, 4) is 0 Å². The number of hydrogen-bond acceptors (Lipinski definition) is 4. The SMILES string of the molecule is CN1CCCC(c2nc(N(C)C)ncc2I)C1. The van der Waals surface area contributed by atoms with Crippen LogP contribution in [-0.2, 0) is 0 Å². The summed E-state index contributed by atoms with van der Waals surface area (Å²) >= 11 is 2.35. The van der Waals surface area contributed by atoms with Gasteiger partial charge in [-0.25, -0.2) is 9.97 Å². The molecule has 1 aliphatic heterocycles. The Bertz CT molecular complexity index is 394. The Hall–Kier alpha value is -0.430. The maximum absolute atomic E-state index is 4.71. The fourth-order valence-corrected chi connectivity index (χ4v) is 2.96. The molecule has 0 amide bonds. The van der Waals surface area contributed by atoms with Crippen LogP contribution in [0.15, 0.2) is 6.20 Å². The second kappa shape index (κ2) is 5.48. The van der Waals surface area contributed by atoms with Gasteiger partial charge in [0.1, 0.15) is 0 Å². The van der Waals surface area contributed by atoms with Crippen LogP contribution in [0, 0.1) is 3.57 Å². The maximum atomic E-state index is 4.71. The van der Waals surface area contributed by atoms with Crippen LogP contribution in [0.2, 0.25) is 0 Å². The molecule has 5 heteroatoms. The maximum Gasteiger partial charge on any atom is 0.225 e. The first-order valence-electron chi connectivity index (χ1n) is 5.96. The molecule has 1 aromatic heterocycles. The fraction of sp³-hybridized carbons (Fsp3) is 0.667. The number of hydrogen-bond donors (Lipinski definition) is 0. The van der Waals surface area contributed by atoms with E-state index in [1.54, 1.807) is 0 Å². The van der Waals surface area contributed by atoms with Crippen LogP contribution in [0.4, 0.5) is 5.95 Å². The van der Waals surface area contributed by atoms with Gasteiger partial charge in [-0.3, -0.25) is 0 Å². The lowest BCUT2D eigenvalue weighted by molar-refractivity contribution is 0.248. The van der Waals surface area contributed by atoms with Crippen molar-refractivity contribution in [2.75, 3.05) is 39.1 Å². The predicted octanol–water partition coefficient (Wildman–Crippen LogP) is 1.96. The average molecular weight is 346 g/mol. The molecule has 2 rings (SSSR count). The van der Waals surface area contributed by atoms with E-state index in [1.807, 2.05) is 25.2 Å². The molecule has 0 radical (unpaired) electrons. The summed E-state index contributed by atoms with van der Waals surface area (Å²) in [5.41, 5.74) is 1.22. The molecule has 1 saturated heterocycles. The van der Waals surface area contributed by atoms with Crippen molar-refractivity contribution in [3.05, 3.63) is 15.5 Å². The quantitative estimate of drug-likeness (QED) is 0.767. The van der Waals surface area contributed by atoms with Crippen LogP contribution in [0.5, 0.6) is 0 Å². The Morgan fingerprint density at radius 3 is 2.88 bits per heavy atom. The summed E-state index contributed by atoms with van der Waals surface area (Å²) in [6.45, 7) is 2.32. The molecule has 2 heterocycles. The third kappa shape index (κ3) is 3.07. The zero-order valence-corrected chi connectivity index (χ0v) is 12.8. The molecule has 1 fully saturated rings. The molecule has 0 N–H and O–H groups in total. The van der Waals surface area contributed by atoms with E-state index in [4.69, 9.17) is 4.98 Å². The summed E-state index contributed by atoms with van der Waals surface area (Å²) in [4.78, 5) is 13.4. The number of aromatic nitrogens is 2. The molecule has 0 spiro atoms. The van der Waals surface area contributed by atoms with Gasteiger partial charge in [0.2, 0.25) is 5.95 Å². The Balaban J connectivity index is 2.26. The van der Waals surface area contributed by atoms with E-state index in [0.717, 1.165) is 12.5 Å². The lowest BCUT2D eigenvalue weighted by atomic mass is 9.95. The van der Waals surface area contributed by atoms with Gasteiger partial charge in [-0.15, -0.1) is 0 Å². The Kier molecular flexibility index (Phi) is 4.19. The molecule has 0 aliphatic carbocycles. The van der Waals surface area contributed by atoms with Crippen molar-refractivity contribution in [1.29, 1.82) is 0 Å². The van der Waals surface area contributed by atoms with E-state index in [9.17, 15) is 0 Å². The third-order valence-electron chi connectivity index (χ3n) is 3.17. The first-order chi connectivity index (χ1) is 8.08. The van der Waals surface area contributed by atoms with Crippen LogP contribution in [-0.4, -0.2) is 49.1 Å². The van der Waals surface area contributed by atoms with E-state index in [-0.39, 0.29) is 0 Å². The number of rotatable bonds is 2. The Morgan fingerprint density at radius 1 is 1.47 bits per heavy atom. The van der Waals surface area contributed by atoms with Crippen molar-refractivity contribution in [2.45, 2.75) is 18.8 Å². The normalized spacial score (nSPS) is 21.5. The van der Waals surface area contributed by atoms with E-state index in [0.29, 0.717) is 5.92 Å². The van der Waals surface area contributed by atoms with Gasteiger partial charge in [0.15, 0.2) is 0 Å². The van der Waals surface area contributed by atoms with Gasteiger partial charge >= 0.3 is 0 Å². The van der Waals surface area contributed by atoms with Gasteiger partial charge in [-0.05, 0) is 49.0 Å². The van der Waals surface area contributed by atoms with E-state index in [2.05, 4.69) is 39.5 Å². The highest BCUT2D eigenvalue weighted by molar-refractivity contribution is 14.1. The minimum atomic E-state index is 0.558. The molecule has 1 aromatic rings. The monoisotopic (exact) mass is 346 g/mol. The van der Waals surface area contributed by atoms with Crippen LogP contribution in [0.25, 0.3) is 0 Å². The standard InChI is InChI=1S/C12H19IN4/c1-16(2)12-14-7-10(13)11(15-12)9-5-4-6-17(3)8-9/h7,9H,4-6,8H2,1-3H3. The number of likely N-dealkylation sites (N-methyl/N-ethyl adjacent to an activating group) is 1. The van der Waals surface area contributed by atoms with E-state index in [1.165, 1.54) is 28.7 Å².